The zero-order valence-electron chi connectivity index (χ0n) is 10.3. The van der Waals surface area contributed by atoms with Gasteiger partial charge in [0.1, 0.15) is 24.6 Å². The molecular weight excluding hydrogens is 259 g/mol. The van der Waals surface area contributed by atoms with Gasteiger partial charge in [-0.2, -0.15) is 0 Å². The van der Waals surface area contributed by atoms with E-state index in [9.17, 15) is 19.4 Å². The van der Waals surface area contributed by atoms with Gasteiger partial charge in [0.05, 0.1) is 6.61 Å². The van der Waals surface area contributed by atoms with Crippen LogP contribution in [0, 0.1) is 5.92 Å². The highest BCUT2D eigenvalue weighted by Gasteiger charge is 2.46. The fourth-order valence-electron chi connectivity index (χ4n) is 2.26. The van der Waals surface area contributed by atoms with Gasteiger partial charge in [0.25, 0.3) is 0 Å². The molecular formula is C11H17FN2O5. The second-order valence-electron chi connectivity index (χ2n) is 4.69. The van der Waals surface area contributed by atoms with Gasteiger partial charge in [-0.3, -0.25) is 4.79 Å². The maximum atomic E-state index is 14.0. The van der Waals surface area contributed by atoms with E-state index in [1.165, 1.54) is 24.1 Å². The second kappa shape index (κ2) is 5.41. The van der Waals surface area contributed by atoms with Crippen molar-refractivity contribution < 1.29 is 29.2 Å². The van der Waals surface area contributed by atoms with Gasteiger partial charge < -0.3 is 30.3 Å². The lowest BCUT2D eigenvalue weighted by atomic mass is 9.92. The molecule has 0 aromatic carbocycles. The number of alkyl halides is 1. The molecule has 6 atom stereocenters. The number of rotatable bonds is 2. The molecule has 0 saturated carbocycles. The van der Waals surface area contributed by atoms with Gasteiger partial charge in [-0.25, -0.2) is 4.39 Å². The van der Waals surface area contributed by atoms with Crippen LogP contribution in [-0.4, -0.2) is 63.7 Å². The van der Waals surface area contributed by atoms with E-state index < -0.39 is 49.4 Å². The molecule has 0 radical (unpaired) electrons. The molecule has 0 spiro atoms. The number of halogens is 1. The summed E-state index contributed by atoms with van der Waals surface area (Å²) in [5, 5.41) is 30.6. The molecule has 1 fully saturated rings. The van der Waals surface area contributed by atoms with Crippen molar-refractivity contribution in [2.24, 2.45) is 5.92 Å². The third-order valence-electron chi connectivity index (χ3n) is 3.40. The number of aliphatic hydroxyl groups is 3. The topological polar surface area (TPSA) is 102 Å². The Bertz CT molecular complexity index is 378. The van der Waals surface area contributed by atoms with Crippen molar-refractivity contribution in [1.82, 2.24) is 10.2 Å². The average molecular weight is 276 g/mol. The van der Waals surface area contributed by atoms with Crippen LogP contribution in [0.25, 0.3) is 0 Å². The van der Waals surface area contributed by atoms with Gasteiger partial charge >= 0.3 is 0 Å². The minimum Gasteiger partial charge on any atom is -0.394 e. The van der Waals surface area contributed by atoms with Crippen molar-refractivity contribution in [3.63, 3.8) is 0 Å². The van der Waals surface area contributed by atoms with Crippen molar-refractivity contribution in [3.05, 3.63) is 12.3 Å². The molecule has 4 unspecified atom stereocenters. The Morgan fingerprint density at radius 3 is 2.79 bits per heavy atom. The number of aliphatic hydroxyl groups excluding tert-OH is 3. The number of ether oxygens (including phenoxy) is 1. The van der Waals surface area contributed by atoms with Crippen molar-refractivity contribution in [2.45, 2.75) is 37.9 Å². The minimum atomic E-state index is -1.60. The van der Waals surface area contributed by atoms with Crippen LogP contribution in [0.3, 0.4) is 0 Å². The Morgan fingerprint density at radius 1 is 1.53 bits per heavy atom. The summed E-state index contributed by atoms with van der Waals surface area (Å²) < 4.78 is 19.4. The summed E-state index contributed by atoms with van der Waals surface area (Å²) in [7, 11) is 0. The van der Waals surface area contributed by atoms with Crippen molar-refractivity contribution in [1.29, 1.82) is 0 Å². The molecule has 2 aliphatic rings. The van der Waals surface area contributed by atoms with Crippen LogP contribution < -0.4 is 5.32 Å². The first-order chi connectivity index (χ1) is 8.95. The van der Waals surface area contributed by atoms with Gasteiger partial charge in [0.15, 0.2) is 0 Å². The van der Waals surface area contributed by atoms with Gasteiger partial charge in [-0.15, -0.1) is 0 Å². The third kappa shape index (κ3) is 2.57. The molecule has 0 aliphatic carbocycles. The third-order valence-corrected chi connectivity index (χ3v) is 3.40. The first-order valence-electron chi connectivity index (χ1n) is 5.98. The van der Waals surface area contributed by atoms with Crippen LogP contribution in [0.2, 0.25) is 0 Å². The summed E-state index contributed by atoms with van der Waals surface area (Å²) >= 11 is 0. The molecule has 108 valence electrons. The number of carbonyl (C=O) groups excluding carboxylic acids is 1. The smallest absolute Gasteiger partial charge is 0.248 e. The Balaban J connectivity index is 2.18. The van der Waals surface area contributed by atoms with E-state index >= 15 is 0 Å². The lowest BCUT2D eigenvalue weighted by molar-refractivity contribution is -0.243. The second-order valence-corrected chi connectivity index (χ2v) is 4.69. The monoisotopic (exact) mass is 276 g/mol. The summed E-state index contributed by atoms with van der Waals surface area (Å²) in [4.78, 5) is 12.3. The van der Waals surface area contributed by atoms with Crippen LogP contribution >= 0.6 is 0 Å². The quantitative estimate of drug-likeness (QED) is 0.477. The van der Waals surface area contributed by atoms with Gasteiger partial charge in [0.2, 0.25) is 12.3 Å². The molecule has 7 nitrogen and oxygen atoms in total. The number of nitrogens with zero attached hydrogens (tertiary/aromatic N) is 1. The lowest BCUT2D eigenvalue weighted by Crippen LogP contribution is -2.62. The first-order valence-corrected chi connectivity index (χ1v) is 5.98. The highest BCUT2D eigenvalue weighted by molar-refractivity contribution is 5.88. The van der Waals surface area contributed by atoms with Crippen molar-refractivity contribution >= 4 is 5.91 Å². The van der Waals surface area contributed by atoms with E-state index in [-0.39, 0.29) is 0 Å². The van der Waals surface area contributed by atoms with Crippen LogP contribution in [-0.2, 0) is 9.53 Å². The Kier molecular flexibility index (Phi) is 4.04. The SMILES string of the molecule is CC1C(F)C(O)[C@@H](CO)O[C@H]1N1C=CC(=O)NC1O. The molecule has 2 rings (SSSR count). The minimum absolute atomic E-state index is 0.470. The van der Waals surface area contributed by atoms with Gasteiger partial charge in [-0.1, -0.05) is 6.92 Å². The zero-order valence-corrected chi connectivity index (χ0v) is 10.3. The van der Waals surface area contributed by atoms with E-state index in [0.717, 1.165) is 0 Å². The summed E-state index contributed by atoms with van der Waals surface area (Å²) in [6.07, 6.45) is -3.87. The van der Waals surface area contributed by atoms with Gasteiger partial charge in [-0.05, 0) is 0 Å². The largest absolute Gasteiger partial charge is 0.394 e. The number of amides is 1. The lowest BCUT2D eigenvalue weighted by Gasteiger charge is -2.46. The molecule has 0 bridgehead atoms. The molecule has 1 amide bonds. The number of carbonyl (C=O) groups is 1. The Morgan fingerprint density at radius 2 is 2.21 bits per heavy atom. The molecule has 1 saturated heterocycles. The maximum absolute atomic E-state index is 14.0. The molecule has 2 heterocycles. The van der Waals surface area contributed by atoms with E-state index in [1.807, 2.05) is 0 Å². The van der Waals surface area contributed by atoms with Crippen LogP contribution in [0.5, 0.6) is 0 Å². The fourth-order valence-corrected chi connectivity index (χ4v) is 2.26. The van der Waals surface area contributed by atoms with Crippen molar-refractivity contribution in [2.75, 3.05) is 6.61 Å². The zero-order chi connectivity index (χ0) is 14.2. The normalized spacial score (nSPS) is 43.2. The number of hydrogen-bond acceptors (Lipinski definition) is 6. The molecule has 19 heavy (non-hydrogen) atoms. The molecule has 8 heteroatoms. The van der Waals surface area contributed by atoms with E-state index in [4.69, 9.17) is 9.84 Å². The maximum Gasteiger partial charge on any atom is 0.248 e. The molecule has 4 N–H and O–H groups in total. The predicted molar refractivity (Wildman–Crippen MR) is 60.9 cm³/mol. The van der Waals surface area contributed by atoms with E-state index in [2.05, 4.69) is 5.32 Å². The number of hydrogen-bond donors (Lipinski definition) is 4. The fraction of sp³-hybridized carbons (Fsp3) is 0.727. The highest BCUT2D eigenvalue weighted by atomic mass is 19.1. The molecule has 2 aliphatic heterocycles. The summed E-state index contributed by atoms with van der Waals surface area (Å²) in [5.74, 6) is -1.21. The Hall–Kier alpha value is -1.22. The Labute approximate surface area is 109 Å². The molecule has 0 aromatic heterocycles. The standard InChI is InChI=1S/C11H17FN2O5/c1-5-8(12)9(17)6(4-15)19-10(5)14-3-2-7(16)13-11(14)18/h2-3,5-6,8-11,15,17-18H,4H2,1H3,(H,13,16)/t5?,6-,8?,9?,10-,11?/m1/s1. The van der Waals surface area contributed by atoms with Crippen LogP contribution in [0.1, 0.15) is 6.92 Å². The van der Waals surface area contributed by atoms with E-state index in [1.54, 1.807) is 0 Å². The summed E-state index contributed by atoms with van der Waals surface area (Å²) in [6, 6.07) is 0. The van der Waals surface area contributed by atoms with E-state index in [0.29, 0.717) is 0 Å². The predicted octanol–water partition coefficient (Wildman–Crippen LogP) is -1.74. The highest BCUT2D eigenvalue weighted by Crippen LogP contribution is 2.31. The van der Waals surface area contributed by atoms with Crippen LogP contribution in [0.15, 0.2) is 12.3 Å². The van der Waals surface area contributed by atoms with Crippen molar-refractivity contribution in [3.8, 4) is 0 Å². The number of nitrogens with one attached hydrogen (secondary N) is 1. The summed E-state index contributed by atoms with van der Waals surface area (Å²) in [5.41, 5.74) is 0. The summed E-state index contributed by atoms with van der Waals surface area (Å²) in [6.45, 7) is 0.980. The molecule has 0 aromatic rings. The van der Waals surface area contributed by atoms with Crippen LogP contribution in [0.4, 0.5) is 4.39 Å². The van der Waals surface area contributed by atoms with Gasteiger partial charge in [0, 0.05) is 18.2 Å². The first kappa shape index (κ1) is 14.2. The average Bonchev–Trinajstić information content (AvgIpc) is 2.38.